The van der Waals surface area contributed by atoms with E-state index in [9.17, 15) is 16.8 Å². The zero-order chi connectivity index (χ0) is 17.1. The van der Waals surface area contributed by atoms with Gasteiger partial charge in [-0.05, 0) is 37.3 Å². The van der Waals surface area contributed by atoms with Crippen LogP contribution in [-0.2, 0) is 20.1 Å². The first kappa shape index (κ1) is 17.3. The van der Waals surface area contributed by atoms with E-state index in [0.29, 0.717) is 6.61 Å². The highest BCUT2D eigenvalue weighted by Crippen LogP contribution is 2.29. The molecule has 0 unspecified atom stereocenters. The van der Waals surface area contributed by atoms with Crippen molar-refractivity contribution in [2.24, 2.45) is 5.14 Å². The van der Waals surface area contributed by atoms with Gasteiger partial charge in [-0.3, -0.25) is 0 Å². The van der Waals surface area contributed by atoms with Crippen LogP contribution >= 0.6 is 0 Å². The van der Waals surface area contributed by atoms with E-state index in [-0.39, 0.29) is 21.3 Å². The molecule has 2 rings (SSSR count). The van der Waals surface area contributed by atoms with E-state index >= 15 is 0 Å². The van der Waals surface area contributed by atoms with Crippen molar-refractivity contribution in [3.05, 3.63) is 48.5 Å². The molecule has 9 heteroatoms. The summed E-state index contributed by atoms with van der Waals surface area (Å²) in [5.41, 5.74) is 0. The van der Waals surface area contributed by atoms with Gasteiger partial charge in [-0.25, -0.2) is 13.6 Å². The average Bonchev–Trinajstić information content (AvgIpc) is 2.48. The highest BCUT2D eigenvalue weighted by Gasteiger charge is 2.21. The Kier molecular flexibility index (Phi) is 4.93. The molecule has 0 heterocycles. The fraction of sp³-hybridized carbons (Fsp3) is 0.143. The molecule has 2 N–H and O–H groups in total. The van der Waals surface area contributed by atoms with Crippen LogP contribution in [0.4, 0.5) is 0 Å². The number of ether oxygens (including phenoxy) is 1. The Bertz CT molecular complexity index is 906. The van der Waals surface area contributed by atoms with Crippen molar-refractivity contribution >= 4 is 20.1 Å². The highest BCUT2D eigenvalue weighted by molar-refractivity contribution is 7.89. The summed E-state index contributed by atoms with van der Waals surface area (Å²) < 4.78 is 57.7. The summed E-state index contributed by atoms with van der Waals surface area (Å²) in [6.45, 7) is 2.09. The molecule has 0 bridgehead atoms. The summed E-state index contributed by atoms with van der Waals surface area (Å²) in [4.78, 5) is -0.643. The van der Waals surface area contributed by atoms with Crippen LogP contribution in [0.5, 0.6) is 11.5 Å². The standard InChI is InChI=1S/C14H15NO6S2/c1-2-20-13-8-3-4-9-14(13)21-23(18,19)12-7-5-6-11(10-12)22(15,16)17/h3-10H,2H2,1H3,(H2,15,16,17). The Labute approximate surface area is 134 Å². The number of nitrogens with two attached hydrogens (primary N) is 1. The average molecular weight is 357 g/mol. The minimum Gasteiger partial charge on any atom is -0.490 e. The van der Waals surface area contributed by atoms with Crippen LogP contribution in [-0.4, -0.2) is 23.4 Å². The lowest BCUT2D eigenvalue weighted by molar-refractivity contribution is 0.327. The molecule has 0 radical (unpaired) electrons. The van der Waals surface area contributed by atoms with E-state index in [4.69, 9.17) is 14.1 Å². The maximum Gasteiger partial charge on any atom is 0.339 e. The minimum atomic E-state index is -4.24. The first-order chi connectivity index (χ1) is 10.7. The normalized spacial score (nSPS) is 11.9. The summed E-state index contributed by atoms with van der Waals surface area (Å²) in [6, 6.07) is 10.9. The second-order valence-electron chi connectivity index (χ2n) is 4.44. The molecule has 0 saturated carbocycles. The van der Waals surface area contributed by atoms with Gasteiger partial charge in [0.15, 0.2) is 11.5 Å². The van der Waals surface area contributed by atoms with E-state index < -0.39 is 20.1 Å². The second kappa shape index (κ2) is 6.57. The molecule has 0 aliphatic rings. The van der Waals surface area contributed by atoms with Crippen molar-refractivity contribution in [1.29, 1.82) is 0 Å². The Hall–Kier alpha value is -2.10. The molecule has 7 nitrogen and oxygen atoms in total. The molecular weight excluding hydrogens is 342 g/mol. The molecule has 0 spiro atoms. The monoisotopic (exact) mass is 357 g/mol. The van der Waals surface area contributed by atoms with Crippen LogP contribution < -0.4 is 14.1 Å². The molecule has 124 valence electrons. The molecule has 2 aromatic rings. The zero-order valence-corrected chi connectivity index (χ0v) is 13.8. The van der Waals surface area contributed by atoms with Gasteiger partial charge in [-0.15, -0.1) is 0 Å². The molecule has 2 aromatic carbocycles. The summed E-state index contributed by atoms with van der Waals surface area (Å²) in [5.74, 6) is 0.275. The third-order valence-electron chi connectivity index (χ3n) is 2.77. The topological polar surface area (TPSA) is 113 Å². The van der Waals surface area contributed by atoms with Crippen LogP contribution in [0.3, 0.4) is 0 Å². The smallest absolute Gasteiger partial charge is 0.339 e. The lowest BCUT2D eigenvalue weighted by Gasteiger charge is -2.11. The minimum absolute atomic E-state index is 0.00959. The number of para-hydroxylation sites is 2. The molecule has 0 fully saturated rings. The Morgan fingerprint density at radius 3 is 2.13 bits per heavy atom. The fourth-order valence-corrected chi connectivity index (χ4v) is 3.39. The van der Waals surface area contributed by atoms with Crippen LogP contribution in [0.25, 0.3) is 0 Å². The Morgan fingerprint density at radius 1 is 0.913 bits per heavy atom. The van der Waals surface area contributed by atoms with Gasteiger partial charge in [0, 0.05) is 0 Å². The lowest BCUT2D eigenvalue weighted by atomic mass is 10.3. The first-order valence-electron chi connectivity index (χ1n) is 6.53. The molecule has 0 atom stereocenters. The number of primary sulfonamides is 1. The quantitative estimate of drug-likeness (QED) is 0.784. The SMILES string of the molecule is CCOc1ccccc1OS(=O)(=O)c1cccc(S(N)(=O)=O)c1. The van der Waals surface area contributed by atoms with Gasteiger partial charge in [0.25, 0.3) is 0 Å². The number of hydrogen-bond acceptors (Lipinski definition) is 6. The summed E-state index contributed by atoms with van der Waals surface area (Å²) in [6.07, 6.45) is 0. The van der Waals surface area contributed by atoms with Crippen LogP contribution in [0.15, 0.2) is 58.3 Å². The van der Waals surface area contributed by atoms with Crippen molar-refractivity contribution in [3.63, 3.8) is 0 Å². The molecule has 0 aliphatic carbocycles. The molecule has 23 heavy (non-hydrogen) atoms. The van der Waals surface area contributed by atoms with Crippen LogP contribution in [0, 0.1) is 0 Å². The largest absolute Gasteiger partial charge is 0.490 e. The van der Waals surface area contributed by atoms with Gasteiger partial charge < -0.3 is 8.92 Å². The maximum atomic E-state index is 12.3. The van der Waals surface area contributed by atoms with Crippen molar-refractivity contribution in [3.8, 4) is 11.5 Å². The van der Waals surface area contributed by atoms with Crippen molar-refractivity contribution in [1.82, 2.24) is 0 Å². The summed E-state index contributed by atoms with van der Waals surface area (Å²) in [7, 11) is -8.26. The van der Waals surface area contributed by atoms with Gasteiger partial charge in [0.05, 0.1) is 11.5 Å². The van der Waals surface area contributed by atoms with Gasteiger partial charge in [0.2, 0.25) is 10.0 Å². The van der Waals surface area contributed by atoms with E-state index in [1.165, 1.54) is 24.3 Å². The van der Waals surface area contributed by atoms with Crippen molar-refractivity contribution < 1.29 is 25.8 Å². The number of rotatable bonds is 6. The van der Waals surface area contributed by atoms with Crippen LogP contribution in [0.2, 0.25) is 0 Å². The van der Waals surface area contributed by atoms with E-state index in [1.807, 2.05) is 0 Å². The summed E-state index contributed by atoms with van der Waals surface area (Å²) >= 11 is 0. The van der Waals surface area contributed by atoms with Gasteiger partial charge in [0.1, 0.15) is 4.90 Å². The fourth-order valence-electron chi connectivity index (χ4n) is 1.77. The third-order valence-corrected chi connectivity index (χ3v) is 4.91. The maximum absolute atomic E-state index is 12.3. The summed E-state index contributed by atoms with van der Waals surface area (Å²) in [5, 5.41) is 5.00. The first-order valence-corrected chi connectivity index (χ1v) is 9.48. The number of sulfonamides is 1. The van der Waals surface area contributed by atoms with Crippen molar-refractivity contribution in [2.75, 3.05) is 6.61 Å². The Balaban J connectivity index is 2.41. The second-order valence-corrected chi connectivity index (χ2v) is 7.54. The molecule has 0 saturated heterocycles. The van der Waals surface area contributed by atoms with E-state index in [2.05, 4.69) is 0 Å². The number of hydrogen-bond donors (Lipinski definition) is 1. The van der Waals surface area contributed by atoms with Gasteiger partial charge in [-0.1, -0.05) is 18.2 Å². The third kappa shape index (κ3) is 4.21. The van der Waals surface area contributed by atoms with E-state index in [1.54, 1.807) is 25.1 Å². The van der Waals surface area contributed by atoms with Gasteiger partial charge >= 0.3 is 10.1 Å². The molecule has 0 aromatic heterocycles. The molecule has 0 aliphatic heterocycles. The van der Waals surface area contributed by atoms with Gasteiger partial charge in [-0.2, -0.15) is 8.42 Å². The highest BCUT2D eigenvalue weighted by atomic mass is 32.2. The van der Waals surface area contributed by atoms with E-state index in [0.717, 1.165) is 6.07 Å². The predicted octanol–water partition coefficient (Wildman–Crippen LogP) is 1.50. The van der Waals surface area contributed by atoms with Crippen molar-refractivity contribution in [2.45, 2.75) is 16.7 Å². The molecular formula is C14H15NO6S2. The molecule has 0 amide bonds. The Morgan fingerprint density at radius 2 is 1.52 bits per heavy atom. The lowest BCUT2D eigenvalue weighted by Crippen LogP contribution is -2.15. The van der Waals surface area contributed by atoms with Crippen LogP contribution in [0.1, 0.15) is 6.92 Å². The zero-order valence-electron chi connectivity index (χ0n) is 12.2. The number of benzene rings is 2. The predicted molar refractivity (Wildman–Crippen MR) is 83.2 cm³/mol.